The second-order valence-corrected chi connectivity index (χ2v) is 9.87. The fourth-order valence-corrected chi connectivity index (χ4v) is 5.10. The van der Waals surface area contributed by atoms with Gasteiger partial charge in [0.1, 0.15) is 5.75 Å². The van der Waals surface area contributed by atoms with Crippen LogP contribution >= 0.6 is 15.9 Å². The Morgan fingerprint density at radius 3 is 2.24 bits per heavy atom. The molecule has 0 saturated heterocycles. The van der Waals surface area contributed by atoms with Gasteiger partial charge in [-0.2, -0.15) is 0 Å². The molecule has 1 fully saturated rings. The molecule has 0 unspecified atom stereocenters. The van der Waals surface area contributed by atoms with E-state index < -0.39 is 0 Å². The van der Waals surface area contributed by atoms with Crippen molar-refractivity contribution in [3.8, 4) is 5.75 Å². The van der Waals surface area contributed by atoms with E-state index in [1.165, 1.54) is 24.8 Å². The highest BCUT2D eigenvalue weighted by Crippen LogP contribution is 2.32. The maximum absolute atomic E-state index is 12.3. The zero-order valence-electron chi connectivity index (χ0n) is 20.9. The Balaban J connectivity index is 0.000000257. The van der Waals surface area contributed by atoms with Gasteiger partial charge >= 0.3 is 0 Å². The van der Waals surface area contributed by atoms with Crippen molar-refractivity contribution in [1.82, 2.24) is 0 Å². The molecule has 1 amide bonds. The van der Waals surface area contributed by atoms with Crippen LogP contribution in [0.5, 0.6) is 5.75 Å². The van der Waals surface area contributed by atoms with Crippen LogP contribution in [0.15, 0.2) is 34.8 Å². The number of carbonyl (C=O) groups excluding carboxylic acids is 2. The van der Waals surface area contributed by atoms with Gasteiger partial charge in [0.15, 0.2) is 5.78 Å². The number of halogens is 1. The lowest BCUT2D eigenvalue weighted by Crippen LogP contribution is -2.27. The van der Waals surface area contributed by atoms with Crippen LogP contribution in [0.3, 0.4) is 0 Å². The lowest BCUT2D eigenvalue weighted by molar-refractivity contribution is -0.121. The average molecular weight is 517 g/mol. The number of ether oxygens (including phenoxy) is 1. The monoisotopic (exact) mass is 515 g/mol. The van der Waals surface area contributed by atoms with Crippen molar-refractivity contribution >= 4 is 33.3 Å². The van der Waals surface area contributed by atoms with Gasteiger partial charge in [-0.1, -0.05) is 42.3 Å². The van der Waals surface area contributed by atoms with Crippen LogP contribution in [0.4, 0.5) is 5.69 Å². The van der Waals surface area contributed by atoms with Crippen LogP contribution in [0.25, 0.3) is 0 Å². The number of carbonyl (C=O) groups is 2. The molecule has 1 N–H and O–H groups in total. The molecule has 0 spiro atoms. The van der Waals surface area contributed by atoms with Gasteiger partial charge in [0.25, 0.3) is 0 Å². The second kappa shape index (κ2) is 12.9. The molecule has 5 heteroatoms. The molecule has 0 atom stereocenters. The predicted octanol–water partition coefficient (Wildman–Crippen LogP) is 7.68. The summed E-state index contributed by atoms with van der Waals surface area (Å²) in [5.74, 6) is 2.10. The van der Waals surface area contributed by atoms with E-state index in [2.05, 4.69) is 35.1 Å². The third-order valence-corrected chi connectivity index (χ3v) is 7.10. The minimum atomic E-state index is 0.140. The fraction of sp³-hybridized carbons (Fsp3) is 0.500. The molecule has 1 saturated carbocycles. The number of benzene rings is 2. The van der Waals surface area contributed by atoms with Crippen molar-refractivity contribution in [3.05, 3.63) is 57.1 Å². The molecule has 1 aliphatic carbocycles. The van der Waals surface area contributed by atoms with Gasteiger partial charge < -0.3 is 10.1 Å². The molecular formula is C28H38BrNO3. The summed E-state index contributed by atoms with van der Waals surface area (Å²) in [6.07, 6.45) is 6.57. The number of hydrogen-bond donors (Lipinski definition) is 1. The first-order valence-corrected chi connectivity index (χ1v) is 12.7. The molecule has 2 aromatic rings. The van der Waals surface area contributed by atoms with Gasteiger partial charge in [0, 0.05) is 27.7 Å². The van der Waals surface area contributed by atoms with Crippen molar-refractivity contribution < 1.29 is 14.3 Å². The van der Waals surface area contributed by atoms with Gasteiger partial charge in [0.2, 0.25) is 5.91 Å². The largest absolute Gasteiger partial charge is 0.496 e. The van der Waals surface area contributed by atoms with Gasteiger partial charge in [-0.05, 0) is 93.7 Å². The molecule has 180 valence electrons. The number of nitrogens with one attached hydrogen (secondary N) is 1. The number of ketones is 1. The third-order valence-electron chi connectivity index (χ3n) is 6.64. The number of hydrogen-bond acceptors (Lipinski definition) is 3. The minimum Gasteiger partial charge on any atom is -0.496 e. The highest BCUT2D eigenvalue weighted by molar-refractivity contribution is 9.10. The standard InChI is InChI=1S/C17H25NO2.C11H13BrO/c1-4-13-6-8-14(9-7-13)17(19)18-15-10-5-12(2)16(11-15)20-3;1-4-10-7(2)5-9(12)6-11(10)8(3)13/h5,10-11,13-14H,4,6-9H2,1-3H3,(H,18,19);5-6H,4H2,1-3H3. The van der Waals surface area contributed by atoms with E-state index in [-0.39, 0.29) is 17.6 Å². The van der Waals surface area contributed by atoms with Crippen LogP contribution in [0, 0.1) is 25.7 Å². The van der Waals surface area contributed by atoms with Gasteiger partial charge in [-0.25, -0.2) is 0 Å². The summed E-state index contributed by atoms with van der Waals surface area (Å²) in [5.41, 5.74) is 5.09. The Bertz CT molecular complexity index is 962. The minimum absolute atomic E-state index is 0.140. The topological polar surface area (TPSA) is 55.4 Å². The molecule has 0 bridgehead atoms. The van der Waals surface area contributed by atoms with E-state index in [0.29, 0.717) is 0 Å². The maximum Gasteiger partial charge on any atom is 0.227 e. The number of amides is 1. The van der Waals surface area contributed by atoms with Gasteiger partial charge in [0.05, 0.1) is 7.11 Å². The molecule has 1 aliphatic rings. The molecule has 2 aromatic carbocycles. The Hall–Kier alpha value is -2.14. The fourth-order valence-electron chi connectivity index (χ4n) is 4.53. The van der Waals surface area contributed by atoms with Crippen molar-refractivity contribution in [2.45, 2.75) is 73.1 Å². The Kier molecular flexibility index (Phi) is 10.6. The predicted molar refractivity (Wildman–Crippen MR) is 140 cm³/mol. The van der Waals surface area contributed by atoms with Gasteiger partial charge in [-0.15, -0.1) is 0 Å². The number of methoxy groups -OCH3 is 1. The molecule has 0 aliphatic heterocycles. The summed E-state index contributed by atoms with van der Waals surface area (Å²) >= 11 is 3.39. The van der Waals surface area contributed by atoms with E-state index in [1.54, 1.807) is 14.0 Å². The molecule has 4 nitrogen and oxygen atoms in total. The van der Waals surface area contributed by atoms with E-state index in [4.69, 9.17) is 4.74 Å². The van der Waals surface area contributed by atoms with E-state index in [0.717, 1.165) is 57.8 Å². The number of rotatable bonds is 6. The summed E-state index contributed by atoms with van der Waals surface area (Å²) in [6, 6.07) is 9.75. The first-order valence-electron chi connectivity index (χ1n) is 12.0. The molecule has 0 radical (unpaired) electrons. The van der Waals surface area contributed by atoms with Crippen molar-refractivity contribution in [3.63, 3.8) is 0 Å². The van der Waals surface area contributed by atoms with Crippen LogP contribution in [-0.4, -0.2) is 18.8 Å². The number of anilines is 1. The lowest BCUT2D eigenvalue weighted by atomic mass is 9.80. The lowest BCUT2D eigenvalue weighted by Gasteiger charge is -2.27. The summed E-state index contributed by atoms with van der Waals surface area (Å²) in [4.78, 5) is 23.6. The zero-order chi connectivity index (χ0) is 24.5. The summed E-state index contributed by atoms with van der Waals surface area (Å²) in [5, 5.41) is 3.03. The SMILES string of the molecule is CCC1CCC(C(=O)Nc2ccc(C)c(OC)c2)CC1.CCc1c(C)cc(Br)cc1C(C)=O. The highest BCUT2D eigenvalue weighted by Gasteiger charge is 2.25. The van der Waals surface area contributed by atoms with Crippen molar-refractivity contribution in [1.29, 1.82) is 0 Å². The summed E-state index contributed by atoms with van der Waals surface area (Å²) in [6.45, 7) is 9.96. The van der Waals surface area contributed by atoms with Crippen LogP contribution in [0.2, 0.25) is 0 Å². The average Bonchev–Trinajstić information content (AvgIpc) is 2.80. The smallest absolute Gasteiger partial charge is 0.227 e. The Morgan fingerprint density at radius 2 is 1.70 bits per heavy atom. The highest BCUT2D eigenvalue weighted by atomic mass is 79.9. The normalized spacial score (nSPS) is 17.5. The summed E-state index contributed by atoms with van der Waals surface area (Å²) < 4.78 is 6.27. The number of aryl methyl sites for hydroxylation is 2. The quantitative estimate of drug-likeness (QED) is 0.401. The molecule has 33 heavy (non-hydrogen) atoms. The molecule has 3 rings (SSSR count). The van der Waals surface area contributed by atoms with Crippen molar-refractivity contribution in [2.24, 2.45) is 11.8 Å². The van der Waals surface area contributed by atoms with E-state index in [9.17, 15) is 9.59 Å². The van der Waals surface area contributed by atoms with Gasteiger partial charge in [-0.3, -0.25) is 9.59 Å². The zero-order valence-corrected chi connectivity index (χ0v) is 22.5. The first kappa shape index (κ1) is 27.1. The molecule has 0 aromatic heterocycles. The number of Topliss-reactive ketones (excluding diaryl/α,β-unsaturated/α-hetero) is 1. The van der Waals surface area contributed by atoms with Crippen molar-refractivity contribution in [2.75, 3.05) is 12.4 Å². The van der Waals surface area contributed by atoms with E-state index in [1.807, 2.05) is 44.2 Å². The molecule has 0 heterocycles. The first-order chi connectivity index (χ1) is 15.7. The van der Waals surface area contributed by atoms with E-state index >= 15 is 0 Å². The second-order valence-electron chi connectivity index (χ2n) is 8.96. The Labute approximate surface area is 207 Å². The summed E-state index contributed by atoms with van der Waals surface area (Å²) in [7, 11) is 1.65. The molecular weight excluding hydrogens is 478 g/mol. The van der Waals surface area contributed by atoms with Crippen LogP contribution < -0.4 is 10.1 Å². The van der Waals surface area contributed by atoms with Crippen LogP contribution in [-0.2, 0) is 11.2 Å². The Morgan fingerprint density at radius 1 is 1.03 bits per heavy atom. The van der Waals surface area contributed by atoms with Crippen LogP contribution in [0.1, 0.15) is 79.9 Å². The third kappa shape index (κ3) is 7.70. The maximum atomic E-state index is 12.3.